The third kappa shape index (κ3) is 3.08. The summed E-state index contributed by atoms with van der Waals surface area (Å²) in [6.07, 6.45) is -2.38. The van der Waals surface area contributed by atoms with Crippen LogP contribution >= 0.6 is 0 Å². The van der Waals surface area contributed by atoms with Gasteiger partial charge in [-0.2, -0.15) is 0 Å². The summed E-state index contributed by atoms with van der Waals surface area (Å²) in [6, 6.07) is 0. The van der Waals surface area contributed by atoms with Gasteiger partial charge in [-0.1, -0.05) is 0 Å². The second kappa shape index (κ2) is 6.01. The Kier molecular flexibility index (Phi) is 4.78. The largest absolute Gasteiger partial charge is 0.394 e. The van der Waals surface area contributed by atoms with Crippen molar-refractivity contribution in [1.29, 1.82) is 0 Å². The molecule has 0 spiro atoms. The molecule has 0 bridgehead atoms. The molecule has 0 aromatic rings. The van der Waals surface area contributed by atoms with E-state index in [2.05, 4.69) is 0 Å². The molecule has 0 unspecified atom stereocenters. The van der Waals surface area contributed by atoms with Gasteiger partial charge < -0.3 is 33.5 Å². The van der Waals surface area contributed by atoms with E-state index in [0.717, 1.165) is 0 Å². The summed E-state index contributed by atoms with van der Waals surface area (Å²) >= 11 is 0. The molecular weight excluding hydrogens is 256 g/mol. The first-order valence-corrected chi connectivity index (χ1v) is 6.27. The highest BCUT2D eigenvalue weighted by Gasteiger charge is 2.55. The second-order valence-corrected chi connectivity index (χ2v) is 5.06. The molecule has 112 valence electrons. The van der Waals surface area contributed by atoms with Crippen LogP contribution in [0.2, 0.25) is 0 Å². The molecule has 2 saturated heterocycles. The van der Waals surface area contributed by atoms with Crippen molar-refractivity contribution in [1.82, 2.24) is 0 Å². The maximum absolute atomic E-state index is 9.43. The molecule has 7 nitrogen and oxygen atoms in total. The van der Waals surface area contributed by atoms with Crippen molar-refractivity contribution in [2.75, 3.05) is 27.6 Å². The number of hydrogen-bond acceptors (Lipinski definition) is 7. The summed E-state index contributed by atoms with van der Waals surface area (Å²) in [4.78, 5) is 0. The standard InChI is InChI=1S/C12H22O7/c1-12(2)18-9-8(16-6-14-3)7(5-13)17-11(15-4)10(9)19-12/h7-11,13H,5-6H2,1-4H3/t7-,8-,9+,10+,11+/m1/s1. The van der Waals surface area contributed by atoms with Crippen molar-refractivity contribution in [2.45, 2.75) is 50.3 Å². The van der Waals surface area contributed by atoms with E-state index in [1.165, 1.54) is 14.2 Å². The summed E-state index contributed by atoms with van der Waals surface area (Å²) in [7, 11) is 3.06. The molecule has 7 heteroatoms. The molecule has 0 aromatic heterocycles. The van der Waals surface area contributed by atoms with Crippen LogP contribution in [0.3, 0.4) is 0 Å². The Morgan fingerprint density at radius 3 is 2.42 bits per heavy atom. The van der Waals surface area contributed by atoms with Crippen LogP contribution in [0.1, 0.15) is 13.8 Å². The molecule has 2 heterocycles. The predicted octanol–water partition coefficient (Wildman–Crippen LogP) is -0.141. The van der Waals surface area contributed by atoms with Gasteiger partial charge in [0.05, 0.1) is 6.61 Å². The van der Waals surface area contributed by atoms with E-state index < -0.39 is 30.4 Å². The molecule has 0 aliphatic carbocycles. The fourth-order valence-electron chi connectivity index (χ4n) is 2.51. The Morgan fingerprint density at radius 1 is 1.16 bits per heavy atom. The lowest BCUT2D eigenvalue weighted by molar-refractivity contribution is -0.287. The first-order valence-electron chi connectivity index (χ1n) is 6.27. The van der Waals surface area contributed by atoms with E-state index in [9.17, 15) is 5.11 Å². The zero-order valence-corrected chi connectivity index (χ0v) is 11.7. The highest BCUT2D eigenvalue weighted by atomic mass is 16.8. The van der Waals surface area contributed by atoms with Gasteiger partial charge in [0.2, 0.25) is 0 Å². The minimum Gasteiger partial charge on any atom is -0.394 e. The van der Waals surface area contributed by atoms with Crippen molar-refractivity contribution >= 4 is 0 Å². The summed E-state index contributed by atoms with van der Waals surface area (Å²) in [5.41, 5.74) is 0. The van der Waals surface area contributed by atoms with Gasteiger partial charge >= 0.3 is 0 Å². The monoisotopic (exact) mass is 278 g/mol. The molecule has 1 N–H and O–H groups in total. The average molecular weight is 278 g/mol. The van der Waals surface area contributed by atoms with Gasteiger partial charge in [-0.3, -0.25) is 0 Å². The lowest BCUT2D eigenvalue weighted by Crippen LogP contribution is -2.58. The van der Waals surface area contributed by atoms with Gasteiger partial charge in [-0.05, 0) is 13.8 Å². The van der Waals surface area contributed by atoms with Crippen molar-refractivity contribution in [3.05, 3.63) is 0 Å². The number of aliphatic hydroxyl groups excluding tert-OH is 1. The third-order valence-corrected chi connectivity index (χ3v) is 3.22. The third-order valence-electron chi connectivity index (χ3n) is 3.22. The zero-order valence-electron chi connectivity index (χ0n) is 11.7. The van der Waals surface area contributed by atoms with Gasteiger partial charge in [0, 0.05) is 14.2 Å². The highest BCUT2D eigenvalue weighted by molar-refractivity contribution is 4.96. The van der Waals surface area contributed by atoms with E-state index in [1.807, 2.05) is 13.8 Å². The maximum atomic E-state index is 9.43. The quantitative estimate of drug-likeness (QED) is 0.701. The van der Waals surface area contributed by atoms with E-state index in [-0.39, 0.29) is 19.5 Å². The number of ether oxygens (including phenoxy) is 6. The van der Waals surface area contributed by atoms with Crippen LogP contribution in [-0.2, 0) is 28.4 Å². The van der Waals surface area contributed by atoms with E-state index in [0.29, 0.717) is 0 Å². The number of methoxy groups -OCH3 is 2. The molecule has 0 amide bonds. The Morgan fingerprint density at radius 2 is 1.84 bits per heavy atom. The number of fused-ring (bicyclic) bond motifs is 1. The SMILES string of the molecule is COCO[C@H]1[C@@H]2OC(C)(C)O[C@@H]2[C@@H](OC)O[C@@H]1CO. The van der Waals surface area contributed by atoms with Gasteiger partial charge in [-0.25, -0.2) is 0 Å². The summed E-state index contributed by atoms with van der Waals surface area (Å²) in [5.74, 6) is -0.742. The lowest BCUT2D eigenvalue weighted by Gasteiger charge is -2.40. The Hall–Kier alpha value is -0.280. The van der Waals surface area contributed by atoms with Crippen LogP contribution in [0.4, 0.5) is 0 Å². The molecule has 5 atom stereocenters. The lowest BCUT2D eigenvalue weighted by atomic mass is 9.99. The smallest absolute Gasteiger partial charge is 0.186 e. The summed E-state index contributed by atoms with van der Waals surface area (Å²) < 4.78 is 33.0. The van der Waals surface area contributed by atoms with Crippen LogP contribution in [-0.4, -0.2) is 69.2 Å². The average Bonchev–Trinajstić information content (AvgIpc) is 2.70. The molecular formula is C12H22O7. The normalized spacial score (nSPS) is 41.2. The maximum Gasteiger partial charge on any atom is 0.186 e. The van der Waals surface area contributed by atoms with Crippen molar-refractivity contribution < 1.29 is 33.5 Å². The Balaban J connectivity index is 2.16. The van der Waals surface area contributed by atoms with Gasteiger partial charge in [0.1, 0.15) is 31.2 Å². The topological polar surface area (TPSA) is 75.6 Å². The van der Waals surface area contributed by atoms with E-state index in [4.69, 9.17) is 28.4 Å². The predicted molar refractivity (Wildman–Crippen MR) is 63.3 cm³/mol. The first kappa shape index (κ1) is 15.1. The number of rotatable bonds is 5. The first-order chi connectivity index (χ1) is 9.02. The van der Waals surface area contributed by atoms with Crippen LogP contribution in [0.5, 0.6) is 0 Å². The van der Waals surface area contributed by atoms with Gasteiger partial charge in [0.15, 0.2) is 12.1 Å². The zero-order chi connectivity index (χ0) is 14.0. The van der Waals surface area contributed by atoms with Crippen LogP contribution in [0.15, 0.2) is 0 Å². The number of aliphatic hydroxyl groups is 1. The molecule has 0 aromatic carbocycles. The minimum absolute atomic E-state index is 0.0924. The summed E-state index contributed by atoms with van der Waals surface area (Å²) in [5, 5.41) is 9.43. The fraction of sp³-hybridized carbons (Fsp3) is 1.00. The molecule has 2 rings (SSSR count). The van der Waals surface area contributed by atoms with E-state index >= 15 is 0 Å². The number of hydrogen-bond donors (Lipinski definition) is 1. The molecule has 2 aliphatic rings. The van der Waals surface area contributed by atoms with E-state index in [1.54, 1.807) is 0 Å². The van der Waals surface area contributed by atoms with Crippen LogP contribution in [0.25, 0.3) is 0 Å². The molecule has 0 saturated carbocycles. The molecule has 0 radical (unpaired) electrons. The van der Waals surface area contributed by atoms with Crippen molar-refractivity contribution in [3.63, 3.8) is 0 Å². The molecule has 2 aliphatic heterocycles. The van der Waals surface area contributed by atoms with Crippen LogP contribution < -0.4 is 0 Å². The highest BCUT2D eigenvalue weighted by Crippen LogP contribution is 2.38. The Labute approximate surface area is 112 Å². The van der Waals surface area contributed by atoms with Gasteiger partial charge in [-0.15, -0.1) is 0 Å². The Bertz CT molecular complexity index is 296. The van der Waals surface area contributed by atoms with Crippen molar-refractivity contribution in [2.24, 2.45) is 0 Å². The second-order valence-electron chi connectivity index (χ2n) is 5.06. The summed E-state index contributed by atoms with van der Waals surface area (Å²) in [6.45, 7) is 3.54. The van der Waals surface area contributed by atoms with Crippen molar-refractivity contribution in [3.8, 4) is 0 Å². The molecule has 2 fully saturated rings. The minimum atomic E-state index is -0.742. The van der Waals surface area contributed by atoms with Crippen LogP contribution in [0, 0.1) is 0 Å². The van der Waals surface area contributed by atoms with Gasteiger partial charge in [0.25, 0.3) is 0 Å². The fourth-order valence-corrected chi connectivity index (χ4v) is 2.51. The molecule has 19 heavy (non-hydrogen) atoms.